The lowest BCUT2D eigenvalue weighted by Gasteiger charge is -2.04. The van der Waals surface area contributed by atoms with Gasteiger partial charge in [0.25, 0.3) is 0 Å². The molecule has 80 valence electrons. The van der Waals surface area contributed by atoms with Gasteiger partial charge in [-0.15, -0.1) is 6.58 Å². The smallest absolute Gasteiger partial charge is 0.335 e. The lowest BCUT2D eigenvalue weighted by Crippen LogP contribution is -2.02. The largest absolute Gasteiger partial charge is 0.478 e. The molecule has 0 aliphatic rings. The van der Waals surface area contributed by atoms with Crippen LogP contribution >= 0.6 is 0 Å². The van der Waals surface area contributed by atoms with E-state index < -0.39 is 5.97 Å². The SMILES string of the molecule is C=C(C)CCOc1cc(C(=O)O)ccn1. The molecule has 1 N–H and O–H groups in total. The highest BCUT2D eigenvalue weighted by molar-refractivity contribution is 5.87. The topological polar surface area (TPSA) is 59.4 Å². The van der Waals surface area contributed by atoms with Gasteiger partial charge in [0.15, 0.2) is 0 Å². The molecule has 1 aromatic heterocycles. The van der Waals surface area contributed by atoms with Crippen LogP contribution in [0.15, 0.2) is 30.5 Å². The number of nitrogens with zero attached hydrogens (tertiary/aromatic N) is 1. The van der Waals surface area contributed by atoms with Crippen molar-refractivity contribution in [2.75, 3.05) is 6.61 Å². The van der Waals surface area contributed by atoms with E-state index >= 15 is 0 Å². The van der Waals surface area contributed by atoms with Crippen LogP contribution in [-0.2, 0) is 0 Å². The third-order valence-electron chi connectivity index (χ3n) is 1.76. The quantitative estimate of drug-likeness (QED) is 0.751. The molecule has 0 aliphatic carbocycles. The van der Waals surface area contributed by atoms with Crippen LogP contribution < -0.4 is 4.74 Å². The number of rotatable bonds is 5. The summed E-state index contributed by atoms with van der Waals surface area (Å²) in [6.45, 7) is 6.11. The van der Waals surface area contributed by atoms with E-state index in [-0.39, 0.29) is 5.56 Å². The Morgan fingerprint density at radius 1 is 1.67 bits per heavy atom. The van der Waals surface area contributed by atoms with Crippen molar-refractivity contribution in [3.63, 3.8) is 0 Å². The van der Waals surface area contributed by atoms with Crippen molar-refractivity contribution in [2.45, 2.75) is 13.3 Å². The average Bonchev–Trinajstić information content (AvgIpc) is 2.17. The standard InChI is InChI=1S/C11H13NO3/c1-8(2)4-6-15-10-7-9(11(13)14)3-5-12-10/h3,5,7H,1,4,6H2,2H3,(H,13,14). The monoisotopic (exact) mass is 207 g/mol. The number of carboxylic acids is 1. The normalized spacial score (nSPS) is 9.67. The zero-order chi connectivity index (χ0) is 11.3. The van der Waals surface area contributed by atoms with Crippen molar-refractivity contribution in [1.29, 1.82) is 0 Å². The van der Waals surface area contributed by atoms with Crippen molar-refractivity contribution in [2.24, 2.45) is 0 Å². The van der Waals surface area contributed by atoms with Gasteiger partial charge in [0.1, 0.15) is 0 Å². The molecule has 0 spiro atoms. The summed E-state index contributed by atoms with van der Waals surface area (Å²) in [5.74, 6) is -0.654. The second-order valence-corrected chi connectivity index (χ2v) is 3.24. The van der Waals surface area contributed by atoms with E-state index in [1.165, 1.54) is 18.3 Å². The fourth-order valence-electron chi connectivity index (χ4n) is 0.951. The fourth-order valence-corrected chi connectivity index (χ4v) is 0.951. The molecule has 0 saturated carbocycles. The highest BCUT2D eigenvalue weighted by atomic mass is 16.5. The van der Waals surface area contributed by atoms with Gasteiger partial charge in [-0.2, -0.15) is 0 Å². The second-order valence-electron chi connectivity index (χ2n) is 3.24. The maximum atomic E-state index is 10.6. The first-order valence-corrected chi connectivity index (χ1v) is 4.56. The number of pyridine rings is 1. The minimum Gasteiger partial charge on any atom is -0.478 e. The molecule has 1 aromatic rings. The minimum absolute atomic E-state index is 0.176. The molecule has 1 rings (SSSR count). The third-order valence-corrected chi connectivity index (χ3v) is 1.76. The van der Waals surface area contributed by atoms with E-state index in [4.69, 9.17) is 9.84 Å². The summed E-state index contributed by atoms with van der Waals surface area (Å²) in [6, 6.07) is 2.83. The number of carbonyl (C=O) groups is 1. The van der Waals surface area contributed by atoms with Crippen molar-refractivity contribution < 1.29 is 14.6 Å². The molecule has 0 amide bonds. The van der Waals surface area contributed by atoms with Crippen LogP contribution in [0.3, 0.4) is 0 Å². The Morgan fingerprint density at radius 2 is 2.40 bits per heavy atom. The van der Waals surface area contributed by atoms with Crippen LogP contribution in [0.2, 0.25) is 0 Å². The molecule has 0 aliphatic heterocycles. The highest BCUT2D eigenvalue weighted by Crippen LogP contribution is 2.10. The Bertz CT molecular complexity index is 374. The van der Waals surface area contributed by atoms with E-state index in [1.54, 1.807) is 0 Å². The van der Waals surface area contributed by atoms with E-state index in [9.17, 15) is 4.79 Å². The molecule has 0 saturated heterocycles. The number of hydrogen-bond donors (Lipinski definition) is 1. The van der Waals surface area contributed by atoms with Gasteiger partial charge in [-0.3, -0.25) is 0 Å². The molecule has 0 radical (unpaired) electrons. The Balaban J connectivity index is 2.58. The van der Waals surface area contributed by atoms with Crippen LogP contribution in [0.1, 0.15) is 23.7 Å². The van der Waals surface area contributed by atoms with Crippen LogP contribution in [0.4, 0.5) is 0 Å². The Labute approximate surface area is 88.2 Å². The lowest BCUT2D eigenvalue weighted by molar-refractivity contribution is 0.0696. The first kappa shape index (κ1) is 11.2. The van der Waals surface area contributed by atoms with Crippen LogP contribution in [0.5, 0.6) is 5.88 Å². The number of aromatic carboxylic acids is 1. The number of ether oxygens (including phenoxy) is 1. The molecule has 0 atom stereocenters. The highest BCUT2D eigenvalue weighted by Gasteiger charge is 2.04. The van der Waals surface area contributed by atoms with Gasteiger partial charge in [0.05, 0.1) is 12.2 Å². The molecular formula is C11H13NO3. The predicted octanol–water partition coefficient (Wildman–Crippen LogP) is 2.12. The zero-order valence-electron chi connectivity index (χ0n) is 8.56. The summed E-state index contributed by atoms with van der Waals surface area (Å²) in [4.78, 5) is 14.5. The van der Waals surface area contributed by atoms with Crippen molar-refractivity contribution in [1.82, 2.24) is 4.98 Å². The Hall–Kier alpha value is -1.84. The zero-order valence-corrected chi connectivity index (χ0v) is 8.56. The van der Waals surface area contributed by atoms with Crippen LogP contribution in [0.25, 0.3) is 0 Å². The van der Waals surface area contributed by atoms with Gasteiger partial charge in [0, 0.05) is 18.7 Å². The number of hydrogen-bond acceptors (Lipinski definition) is 3. The fraction of sp³-hybridized carbons (Fsp3) is 0.273. The molecule has 15 heavy (non-hydrogen) atoms. The van der Waals surface area contributed by atoms with Crippen molar-refractivity contribution in [3.05, 3.63) is 36.0 Å². The van der Waals surface area contributed by atoms with E-state index in [1.807, 2.05) is 6.92 Å². The van der Waals surface area contributed by atoms with Gasteiger partial charge < -0.3 is 9.84 Å². The maximum absolute atomic E-state index is 10.6. The average molecular weight is 207 g/mol. The summed E-state index contributed by atoms with van der Waals surface area (Å²) in [7, 11) is 0. The van der Waals surface area contributed by atoms with E-state index in [0.717, 1.165) is 12.0 Å². The molecule has 0 fully saturated rings. The molecule has 0 unspecified atom stereocenters. The molecular weight excluding hydrogens is 194 g/mol. The van der Waals surface area contributed by atoms with Crippen molar-refractivity contribution >= 4 is 5.97 Å². The maximum Gasteiger partial charge on any atom is 0.335 e. The minimum atomic E-state index is -0.984. The Morgan fingerprint density at radius 3 is 3.00 bits per heavy atom. The van der Waals surface area contributed by atoms with Crippen LogP contribution in [-0.4, -0.2) is 22.7 Å². The van der Waals surface area contributed by atoms with E-state index in [0.29, 0.717) is 12.5 Å². The molecule has 1 heterocycles. The summed E-state index contributed by atoms with van der Waals surface area (Å²) < 4.78 is 5.27. The number of aromatic nitrogens is 1. The summed E-state index contributed by atoms with van der Waals surface area (Å²) in [5.41, 5.74) is 1.19. The summed E-state index contributed by atoms with van der Waals surface area (Å²) in [5, 5.41) is 8.73. The van der Waals surface area contributed by atoms with Crippen LogP contribution in [0, 0.1) is 0 Å². The van der Waals surface area contributed by atoms with Crippen molar-refractivity contribution in [3.8, 4) is 5.88 Å². The molecule has 4 nitrogen and oxygen atoms in total. The van der Waals surface area contributed by atoms with Gasteiger partial charge in [-0.1, -0.05) is 5.57 Å². The second kappa shape index (κ2) is 5.14. The first-order valence-electron chi connectivity index (χ1n) is 4.56. The molecule has 0 aromatic carbocycles. The first-order chi connectivity index (χ1) is 7.09. The van der Waals surface area contributed by atoms with E-state index in [2.05, 4.69) is 11.6 Å². The third kappa shape index (κ3) is 3.81. The molecule has 4 heteroatoms. The summed E-state index contributed by atoms with van der Waals surface area (Å²) >= 11 is 0. The molecule has 0 bridgehead atoms. The Kier molecular flexibility index (Phi) is 3.85. The van der Waals surface area contributed by atoms with Gasteiger partial charge in [-0.25, -0.2) is 9.78 Å². The predicted molar refractivity (Wildman–Crippen MR) is 56.1 cm³/mol. The lowest BCUT2D eigenvalue weighted by atomic mass is 10.2. The van der Waals surface area contributed by atoms with Gasteiger partial charge in [0.2, 0.25) is 5.88 Å². The van der Waals surface area contributed by atoms with Gasteiger partial charge in [-0.05, 0) is 13.0 Å². The summed E-state index contributed by atoms with van der Waals surface area (Å²) in [6.07, 6.45) is 2.15. The number of carboxylic acid groups (broad SMARTS) is 1. The van der Waals surface area contributed by atoms with Gasteiger partial charge >= 0.3 is 5.97 Å².